The summed E-state index contributed by atoms with van der Waals surface area (Å²) in [6, 6.07) is 3.34. The molecule has 0 atom stereocenters. The molecule has 0 aromatic carbocycles. The number of pyridine rings is 1. The van der Waals surface area contributed by atoms with Crippen LogP contribution in [0.3, 0.4) is 0 Å². The van der Waals surface area contributed by atoms with Crippen molar-refractivity contribution in [3.05, 3.63) is 29.6 Å². The van der Waals surface area contributed by atoms with Crippen molar-refractivity contribution in [3.63, 3.8) is 0 Å². The van der Waals surface area contributed by atoms with Crippen LogP contribution in [0.5, 0.6) is 0 Å². The van der Waals surface area contributed by atoms with E-state index in [2.05, 4.69) is 4.98 Å². The molecular weight excluding hydrogens is 209 g/mol. The number of carbonyl (C=O) groups excluding carboxylic acids is 1. The molecule has 1 rings (SSSR count). The van der Waals surface area contributed by atoms with Crippen LogP contribution in [0.4, 0.5) is 13.2 Å². The van der Waals surface area contributed by atoms with Crippen LogP contribution in [0, 0.1) is 11.3 Å². The molecule has 1 aromatic heterocycles. The molecule has 0 radical (unpaired) electrons. The summed E-state index contributed by atoms with van der Waals surface area (Å²) in [7, 11) is 0. The van der Waals surface area contributed by atoms with Gasteiger partial charge in [-0.25, -0.2) is 0 Å². The standard InChI is InChI=1S/C9H5F3N2O/c10-9(11,12)6-2-1-5-14-8(6)7(15)3-4-13/h1-2,5H,3H2. The van der Waals surface area contributed by atoms with Gasteiger partial charge in [0.25, 0.3) is 0 Å². The Morgan fingerprint density at radius 1 is 1.53 bits per heavy atom. The van der Waals surface area contributed by atoms with E-state index in [1.807, 2.05) is 0 Å². The van der Waals surface area contributed by atoms with Crippen molar-refractivity contribution in [2.24, 2.45) is 0 Å². The molecular formula is C9H5F3N2O. The van der Waals surface area contributed by atoms with Crippen LogP contribution in [0.2, 0.25) is 0 Å². The number of aromatic nitrogens is 1. The molecule has 0 saturated carbocycles. The zero-order chi connectivity index (χ0) is 11.5. The van der Waals surface area contributed by atoms with Crippen LogP contribution >= 0.6 is 0 Å². The highest BCUT2D eigenvalue weighted by Crippen LogP contribution is 2.31. The summed E-state index contributed by atoms with van der Waals surface area (Å²) in [5.41, 5.74) is -1.81. The molecule has 78 valence electrons. The molecule has 3 nitrogen and oxygen atoms in total. The van der Waals surface area contributed by atoms with Crippen LogP contribution in [0.15, 0.2) is 18.3 Å². The maximum absolute atomic E-state index is 12.4. The summed E-state index contributed by atoms with van der Waals surface area (Å²) in [6.45, 7) is 0. The monoisotopic (exact) mass is 214 g/mol. The number of halogens is 3. The average molecular weight is 214 g/mol. The van der Waals surface area contributed by atoms with Crippen molar-refractivity contribution in [1.82, 2.24) is 4.98 Å². The number of nitrogens with zero attached hydrogens (tertiary/aromatic N) is 2. The molecule has 0 saturated heterocycles. The third-order valence-corrected chi connectivity index (χ3v) is 1.62. The SMILES string of the molecule is N#CCC(=O)c1ncccc1C(F)(F)F. The lowest BCUT2D eigenvalue weighted by atomic mass is 10.1. The number of nitriles is 1. The van der Waals surface area contributed by atoms with Crippen LogP contribution in [0.1, 0.15) is 22.5 Å². The van der Waals surface area contributed by atoms with Crippen LogP contribution in [-0.2, 0) is 6.18 Å². The van der Waals surface area contributed by atoms with Gasteiger partial charge in [-0.15, -0.1) is 0 Å². The fourth-order valence-corrected chi connectivity index (χ4v) is 1.01. The maximum atomic E-state index is 12.4. The highest BCUT2D eigenvalue weighted by atomic mass is 19.4. The van der Waals surface area contributed by atoms with Gasteiger partial charge in [-0.1, -0.05) is 0 Å². The van der Waals surface area contributed by atoms with E-state index in [1.165, 1.54) is 6.07 Å². The van der Waals surface area contributed by atoms with Crippen molar-refractivity contribution in [2.75, 3.05) is 0 Å². The summed E-state index contributed by atoms with van der Waals surface area (Å²) < 4.78 is 37.1. The summed E-state index contributed by atoms with van der Waals surface area (Å²) in [6.07, 6.45) is -4.16. The Bertz CT molecular complexity index is 420. The van der Waals surface area contributed by atoms with Crippen molar-refractivity contribution in [3.8, 4) is 6.07 Å². The van der Waals surface area contributed by atoms with E-state index in [9.17, 15) is 18.0 Å². The maximum Gasteiger partial charge on any atom is 0.418 e. The predicted molar refractivity (Wildman–Crippen MR) is 43.8 cm³/mol. The van der Waals surface area contributed by atoms with Gasteiger partial charge in [0.15, 0.2) is 5.78 Å². The Balaban J connectivity index is 3.20. The number of carbonyl (C=O) groups is 1. The fourth-order valence-electron chi connectivity index (χ4n) is 1.01. The zero-order valence-electron chi connectivity index (χ0n) is 7.38. The molecule has 0 N–H and O–H groups in total. The van der Waals surface area contributed by atoms with E-state index >= 15 is 0 Å². The first kappa shape index (κ1) is 11.2. The van der Waals surface area contributed by atoms with Crippen LogP contribution < -0.4 is 0 Å². The predicted octanol–water partition coefficient (Wildman–Crippen LogP) is 2.20. The Labute approximate surface area is 83.2 Å². The lowest BCUT2D eigenvalue weighted by molar-refractivity contribution is -0.138. The van der Waals surface area contributed by atoms with Gasteiger partial charge in [-0.05, 0) is 12.1 Å². The van der Waals surface area contributed by atoms with E-state index < -0.39 is 29.6 Å². The molecule has 0 bridgehead atoms. The first-order valence-electron chi connectivity index (χ1n) is 3.89. The Kier molecular flexibility index (Phi) is 3.04. The molecule has 1 aromatic rings. The van der Waals surface area contributed by atoms with Gasteiger partial charge >= 0.3 is 6.18 Å². The summed E-state index contributed by atoms with van der Waals surface area (Å²) in [4.78, 5) is 14.5. The average Bonchev–Trinajstić information content (AvgIpc) is 2.17. The number of Topliss-reactive ketones (excluding diaryl/α,β-unsaturated/α-hetero) is 1. The smallest absolute Gasteiger partial charge is 0.291 e. The molecule has 0 fully saturated rings. The lowest BCUT2D eigenvalue weighted by Crippen LogP contribution is -2.14. The van der Waals surface area contributed by atoms with Crippen molar-refractivity contribution < 1.29 is 18.0 Å². The molecule has 15 heavy (non-hydrogen) atoms. The fraction of sp³-hybridized carbons (Fsp3) is 0.222. The van der Waals surface area contributed by atoms with Gasteiger partial charge in [0.1, 0.15) is 12.1 Å². The third-order valence-electron chi connectivity index (χ3n) is 1.62. The molecule has 0 spiro atoms. The molecule has 0 aliphatic heterocycles. The van der Waals surface area contributed by atoms with E-state index in [4.69, 9.17) is 5.26 Å². The topological polar surface area (TPSA) is 53.8 Å². The van der Waals surface area contributed by atoms with Gasteiger partial charge in [-0.2, -0.15) is 18.4 Å². The highest BCUT2D eigenvalue weighted by molar-refractivity contribution is 5.97. The number of alkyl halides is 3. The summed E-state index contributed by atoms with van der Waals surface area (Å²) >= 11 is 0. The Hall–Kier alpha value is -1.90. The van der Waals surface area contributed by atoms with Crippen molar-refractivity contribution >= 4 is 5.78 Å². The Morgan fingerprint density at radius 2 is 2.20 bits per heavy atom. The first-order chi connectivity index (χ1) is 6.96. The minimum absolute atomic E-state index is 0.611. The minimum Gasteiger partial charge on any atom is -0.291 e. The van der Waals surface area contributed by atoms with E-state index in [1.54, 1.807) is 0 Å². The normalized spacial score (nSPS) is 10.8. The second kappa shape index (κ2) is 4.09. The van der Waals surface area contributed by atoms with Crippen LogP contribution in [-0.4, -0.2) is 10.8 Å². The van der Waals surface area contributed by atoms with Crippen LogP contribution in [0.25, 0.3) is 0 Å². The third kappa shape index (κ3) is 2.53. The highest BCUT2D eigenvalue weighted by Gasteiger charge is 2.35. The molecule has 0 aliphatic rings. The first-order valence-corrected chi connectivity index (χ1v) is 3.89. The van der Waals surface area contributed by atoms with Crippen molar-refractivity contribution in [2.45, 2.75) is 12.6 Å². The van der Waals surface area contributed by atoms with E-state index in [0.717, 1.165) is 18.3 Å². The largest absolute Gasteiger partial charge is 0.418 e. The zero-order valence-corrected chi connectivity index (χ0v) is 7.38. The molecule has 0 amide bonds. The number of hydrogen-bond acceptors (Lipinski definition) is 3. The van der Waals surface area contributed by atoms with Gasteiger partial charge in [0, 0.05) is 6.20 Å². The van der Waals surface area contributed by atoms with Gasteiger partial charge in [0.2, 0.25) is 0 Å². The van der Waals surface area contributed by atoms with Gasteiger partial charge in [-0.3, -0.25) is 9.78 Å². The van der Waals surface area contributed by atoms with E-state index in [0.29, 0.717) is 0 Å². The quantitative estimate of drug-likeness (QED) is 0.709. The molecule has 0 unspecified atom stereocenters. The lowest BCUT2D eigenvalue weighted by Gasteiger charge is -2.09. The minimum atomic E-state index is -4.63. The van der Waals surface area contributed by atoms with Gasteiger partial charge in [0.05, 0.1) is 11.6 Å². The summed E-state index contributed by atoms with van der Waals surface area (Å²) in [5, 5.41) is 8.21. The van der Waals surface area contributed by atoms with Crippen molar-refractivity contribution in [1.29, 1.82) is 5.26 Å². The second-order valence-corrected chi connectivity index (χ2v) is 2.66. The molecule has 0 aliphatic carbocycles. The number of rotatable bonds is 2. The van der Waals surface area contributed by atoms with E-state index in [-0.39, 0.29) is 0 Å². The second-order valence-electron chi connectivity index (χ2n) is 2.66. The Morgan fingerprint density at radius 3 is 2.73 bits per heavy atom. The molecule has 1 heterocycles. The van der Waals surface area contributed by atoms with Gasteiger partial charge < -0.3 is 0 Å². The molecule has 6 heteroatoms. The summed E-state index contributed by atoms with van der Waals surface area (Å²) in [5.74, 6) is -0.926. The number of ketones is 1. The number of hydrogen-bond donors (Lipinski definition) is 0.